The highest BCUT2D eigenvalue weighted by Gasteiger charge is 2.10. The molecule has 0 bridgehead atoms. The largest absolute Gasteiger partial charge is 0.497 e. The lowest BCUT2D eigenvalue weighted by Crippen LogP contribution is -2.18. The molecule has 0 atom stereocenters. The van der Waals surface area contributed by atoms with E-state index in [1.807, 2.05) is 0 Å². The second-order valence-electron chi connectivity index (χ2n) is 3.74. The number of carbonyl (C=O) groups excluding carboxylic acids is 2. The zero-order chi connectivity index (χ0) is 14.8. The van der Waals surface area contributed by atoms with Gasteiger partial charge in [0.15, 0.2) is 6.61 Å². The Bertz CT molecular complexity index is 507. The summed E-state index contributed by atoms with van der Waals surface area (Å²) < 4.78 is 14.7. The van der Waals surface area contributed by atoms with Crippen molar-refractivity contribution in [3.05, 3.63) is 24.3 Å². The first-order valence-electron chi connectivity index (χ1n) is 6.05. The Balaban J connectivity index is 2.31. The third-order valence-corrected chi connectivity index (χ3v) is 2.27. The minimum Gasteiger partial charge on any atom is -0.497 e. The van der Waals surface area contributed by atoms with Crippen LogP contribution in [0, 0.1) is 11.8 Å². The van der Waals surface area contributed by atoms with Gasteiger partial charge in [-0.25, -0.2) is 4.79 Å². The molecule has 0 aromatic heterocycles. The van der Waals surface area contributed by atoms with Gasteiger partial charge < -0.3 is 14.2 Å². The SMILES string of the molecule is CC#CCCC(=O)OC(=O)COc1ccc(OC)cc1. The second kappa shape index (κ2) is 8.59. The smallest absolute Gasteiger partial charge is 0.351 e. The van der Waals surface area contributed by atoms with Gasteiger partial charge in [-0.1, -0.05) is 0 Å². The van der Waals surface area contributed by atoms with E-state index in [0.717, 1.165) is 0 Å². The first-order valence-corrected chi connectivity index (χ1v) is 6.05. The topological polar surface area (TPSA) is 61.8 Å². The highest BCUT2D eigenvalue weighted by Crippen LogP contribution is 2.16. The van der Waals surface area contributed by atoms with Gasteiger partial charge in [-0.3, -0.25) is 4.79 Å². The molecular formula is C15H16O5. The number of esters is 2. The average Bonchev–Trinajstić information content (AvgIpc) is 2.46. The van der Waals surface area contributed by atoms with Crippen LogP contribution in [0.15, 0.2) is 24.3 Å². The molecule has 0 spiro atoms. The van der Waals surface area contributed by atoms with Crippen LogP contribution in [0.25, 0.3) is 0 Å². The molecule has 0 amide bonds. The predicted molar refractivity (Wildman–Crippen MR) is 72.3 cm³/mol. The van der Waals surface area contributed by atoms with E-state index in [4.69, 9.17) is 9.47 Å². The summed E-state index contributed by atoms with van der Waals surface area (Å²) in [6.45, 7) is 1.36. The minimum absolute atomic E-state index is 0.0924. The van der Waals surface area contributed by atoms with E-state index in [1.165, 1.54) is 0 Å². The van der Waals surface area contributed by atoms with E-state index < -0.39 is 11.9 Å². The van der Waals surface area contributed by atoms with Crippen molar-refractivity contribution in [1.82, 2.24) is 0 Å². The van der Waals surface area contributed by atoms with Gasteiger partial charge >= 0.3 is 11.9 Å². The van der Waals surface area contributed by atoms with Crippen LogP contribution in [0.2, 0.25) is 0 Å². The van der Waals surface area contributed by atoms with Crippen molar-refractivity contribution >= 4 is 11.9 Å². The summed E-state index contributed by atoms with van der Waals surface area (Å²) in [6, 6.07) is 6.72. The number of carbonyl (C=O) groups is 2. The molecule has 0 saturated carbocycles. The molecule has 0 saturated heterocycles. The van der Waals surface area contributed by atoms with Crippen molar-refractivity contribution in [2.75, 3.05) is 13.7 Å². The molecule has 5 nitrogen and oxygen atoms in total. The molecule has 0 aliphatic heterocycles. The molecular weight excluding hydrogens is 260 g/mol. The molecule has 0 aliphatic rings. The zero-order valence-corrected chi connectivity index (χ0v) is 11.5. The molecule has 0 N–H and O–H groups in total. The van der Waals surface area contributed by atoms with E-state index in [0.29, 0.717) is 17.9 Å². The van der Waals surface area contributed by atoms with Crippen LogP contribution in [0.5, 0.6) is 11.5 Å². The van der Waals surface area contributed by atoms with Crippen molar-refractivity contribution in [3.8, 4) is 23.3 Å². The van der Waals surface area contributed by atoms with Gasteiger partial charge in [-0.2, -0.15) is 0 Å². The summed E-state index contributed by atoms with van der Waals surface area (Å²) in [5, 5.41) is 0. The van der Waals surface area contributed by atoms with E-state index in [2.05, 4.69) is 16.6 Å². The van der Waals surface area contributed by atoms with Crippen molar-refractivity contribution in [3.63, 3.8) is 0 Å². The first-order chi connectivity index (χ1) is 9.65. The predicted octanol–water partition coefficient (Wildman–Crippen LogP) is 1.95. The van der Waals surface area contributed by atoms with Gasteiger partial charge in [-0.15, -0.1) is 11.8 Å². The molecule has 0 unspecified atom stereocenters. The van der Waals surface area contributed by atoms with Crippen LogP contribution in [-0.2, 0) is 14.3 Å². The Morgan fingerprint density at radius 3 is 2.35 bits per heavy atom. The summed E-state index contributed by atoms with van der Waals surface area (Å²) >= 11 is 0. The molecule has 20 heavy (non-hydrogen) atoms. The van der Waals surface area contributed by atoms with Gasteiger partial charge in [0, 0.05) is 6.42 Å². The fourth-order valence-electron chi connectivity index (χ4n) is 1.31. The summed E-state index contributed by atoms with van der Waals surface area (Å²) in [5.41, 5.74) is 0. The Morgan fingerprint density at radius 2 is 1.75 bits per heavy atom. The first kappa shape index (κ1) is 15.6. The van der Waals surface area contributed by atoms with Gasteiger partial charge in [-0.05, 0) is 31.2 Å². The number of hydrogen-bond donors (Lipinski definition) is 0. The van der Waals surface area contributed by atoms with Crippen molar-refractivity contribution in [2.45, 2.75) is 19.8 Å². The maximum absolute atomic E-state index is 11.4. The van der Waals surface area contributed by atoms with Crippen LogP contribution in [0.1, 0.15) is 19.8 Å². The molecule has 1 aromatic carbocycles. The molecule has 0 aliphatic carbocycles. The Morgan fingerprint density at radius 1 is 1.10 bits per heavy atom. The summed E-state index contributed by atoms with van der Waals surface area (Å²) in [4.78, 5) is 22.6. The third-order valence-electron chi connectivity index (χ3n) is 2.27. The number of methoxy groups -OCH3 is 1. The molecule has 0 fully saturated rings. The summed E-state index contributed by atoms with van der Waals surface area (Å²) in [6.07, 6.45) is 0.469. The number of benzene rings is 1. The normalized spacial score (nSPS) is 9.10. The van der Waals surface area contributed by atoms with Gasteiger partial charge in [0.2, 0.25) is 0 Å². The van der Waals surface area contributed by atoms with Crippen molar-refractivity contribution in [1.29, 1.82) is 0 Å². The average molecular weight is 276 g/mol. The molecule has 106 valence electrons. The Kier molecular flexibility index (Phi) is 6.69. The van der Waals surface area contributed by atoms with E-state index >= 15 is 0 Å². The fraction of sp³-hybridized carbons (Fsp3) is 0.333. The quantitative estimate of drug-likeness (QED) is 0.451. The maximum Gasteiger partial charge on any atom is 0.351 e. The highest BCUT2D eigenvalue weighted by molar-refractivity contribution is 5.86. The lowest BCUT2D eigenvalue weighted by Gasteiger charge is -2.06. The third kappa shape index (κ3) is 5.91. The summed E-state index contributed by atoms with van der Waals surface area (Å²) in [7, 11) is 1.56. The van der Waals surface area contributed by atoms with Crippen LogP contribution < -0.4 is 9.47 Å². The molecule has 1 aromatic rings. The molecule has 5 heteroatoms. The fourth-order valence-corrected chi connectivity index (χ4v) is 1.31. The minimum atomic E-state index is -0.727. The van der Waals surface area contributed by atoms with Crippen molar-refractivity contribution < 1.29 is 23.8 Å². The van der Waals surface area contributed by atoms with Crippen LogP contribution in [0.3, 0.4) is 0 Å². The highest BCUT2D eigenvalue weighted by atomic mass is 16.6. The molecule has 1 rings (SSSR count). The van der Waals surface area contributed by atoms with E-state index in [-0.39, 0.29) is 13.0 Å². The maximum atomic E-state index is 11.4. The number of hydrogen-bond acceptors (Lipinski definition) is 5. The van der Waals surface area contributed by atoms with Crippen LogP contribution >= 0.6 is 0 Å². The Labute approximate surface area is 117 Å². The lowest BCUT2D eigenvalue weighted by molar-refractivity contribution is -0.160. The standard InChI is InChI=1S/C15H16O5/c1-3-4-5-6-14(16)20-15(17)11-19-13-9-7-12(18-2)8-10-13/h7-10H,5-6,11H2,1-2H3. The van der Waals surface area contributed by atoms with Crippen LogP contribution in [0.4, 0.5) is 0 Å². The molecule has 0 heterocycles. The Hall–Kier alpha value is -2.48. The number of rotatable bonds is 6. The van der Waals surface area contributed by atoms with Crippen molar-refractivity contribution in [2.24, 2.45) is 0 Å². The second-order valence-corrected chi connectivity index (χ2v) is 3.74. The van der Waals surface area contributed by atoms with Gasteiger partial charge in [0.05, 0.1) is 13.5 Å². The van der Waals surface area contributed by atoms with E-state index in [1.54, 1.807) is 38.3 Å². The monoisotopic (exact) mass is 276 g/mol. The summed E-state index contributed by atoms with van der Waals surface area (Å²) in [5.74, 6) is 5.22. The lowest BCUT2D eigenvalue weighted by atomic mass is 10.3. The van der Waals surface area contributed by atoms with E-state index in [9.17, 15) is 9.59 Å². The zero-order valence-electron chi connectivity index (χ0n) is 11.5. The number of ether oxygens (including phenoxy) is 3. The van der Waals surface area contributed by atoms with Crippen LogP contribution in [-0.4, -0.2) is 25.7 Å². The van der Waals surface area contributed by atoms with Gasteiger partial charge in [0.25, 0.3) is 0 Å². The van der Waals surface area contributed by atoms with Gasteiger partial charge in [0.1, 0.15) is 11.5 Å². The molecule has 0 radical (unpaired) electrons.